The van der Waals surface area contributed by atoms with E-state index in [0.717, 1.165) is 18.4 Å². The number of halogens is 4. The molecule has 0 spiro atoms. The molecular formula is C22H26F4N4O3S. The number of nitrogens with one attached hydrogen (secondary N) is 2. The van der Waals surface area contributed by atoms with Crippen molar-refractivity contribution in [3.8, 4) is 0 Å². The van der Waals surface area contributed by atoms with E-state index in [1.54, 1.807) is 27.9 Å². The zero-order valence-corrected chi connectivity index (χ0v) is 20.1. The summed E-state index contributed by atoms with van der Waals surface area (Å²) in [5, 5.41) is 2.75. The van der Waals surface area contributed by atoms with Crippen molar-refractivity contribution in [2.45, 2.75) is 38.4 Å². The summed E-state index contributed by atoms with van der Waals surface area (Å²) >= 11 is 0. The van der Waals surface area contributed by atoms with Gasteiger partial charge >= 0.3 is 6.18 Å². The SMILES string of the molecule is Cc1cc([C@@H](C)NC(=O)[C@H]2C[C@@H]2c2ccc(C(F)(F)F)nc2N(C)C)c(F)cc1NS(C)(=O)=O. The predicted molar refractivity (Wildman–Crippen MR) is 121 cm³/mol. The summed E-state index contributed by atoms with van der Waals surface area (Å²) in [6.45, 7) is 3.21. The predicted octanol–water partition coefficient (Wildman–Crippen LogP) is 3.97. The lowest BCUT2D eigenvalue weighted by atomic mass is 10.0. The molecule has 3 atom stereocenters. The van der Waals surface area contributed by atoms with E-state index in [2.05, 4.69) is 15.0 Å². The van der Waals surface area contributed by atoms with Crippen LogP contribution in [0.3, 0.4) is 0 Å². The Labute approximate surface area is 195 Å². The molecule has 12 heteroatoms. The van der Waals surface area contributed by atoms with E-state index in [-0.39, 0.29) is 28.9 Å². The third-order valence-corrected chi connectivity index (χ3v) is 6.20. The number of nitrogens with zero attached hydrogens (tertiary/aromatic N) is 2. The van der Waals surface area contributed by atoms with Crippen molar-refractivity contribution >= 4 is 27.4 Å². The van der Waals surface area contributed by atoms with Crippen LogP contribution < -0.4 is 14.9 Å². The third kappa shape index (κ3) is 5.78. The molecule has 1 aliphatic carbocycles. The summed E-state index contributed by atoms with van der Waals surface area (Å²) in [5.41, 5.74) is 0.320. The molecule has 0 saturated heterocycles. The second kappa shape index (κ2) is 9.05. The molecule has 1 saturated carbocycles. The molecular weight excluding hydrogens is 476 g/mol. The van der Waals surface area contributed by atoms with Crippen LogP contribution in [0.25, 0.3) is 0 Å². The number of carbonyl (C=O) groups excluding carboxylic acids is 1. The van der Waals surface area contributed by atoms with Crippen molar-refractivity contribution in [2.75, 3.05) is 30.0 Å². The maximum absolute atomic E-state index is 14.6. The highest BCUT2D eigenvalue weighted by atomic mass is 32.2. The zero-order chi connectivity index (χ0) is 25.6. The smallest absolute Gasteiger partial charge is 0.362 e. The van der Waals surface area contributed by atoms with Gasteiger partial charge in [0.1, 0.15) is 17.3 Å². The Balaban J connectivity index is 1.74. The molecule has 1 aromatic heterocycles. The standard InChI is InChI=1S/C22H26F4N4O3S/c1-11-8-14(17(23)10-18(11)29-34(5,32)33)12(2)27-21(31)16-9-15(16)13-6-7-19(22(24,25)26)28-20(13)30(3)4/h6-8,10,12,15-16,29H,9H2,1-5H3,(H,27,31)/t12-,15-,16+/m1/s1. The summed E-state index contributed by atoms with van der Waals surface area (Å²) in [7, 11) is -0.418. The van der Waals surface area contributed by atoms with Crippen molar-refractivity contribution in [2.24, 2.45) is 5.92 Å². The number of alkyl halides is 3. The van der Waals surface area contributed by atoms with Crippen LogP contribution in [0.5, 0.6) is 0 Å². The van der Waals surface area contributed by atoms with Crippen LogP contribution in [0.2, 0.25) is 0 Å². The van der Waals surface area contributed by atoms with Crippen molar-refractivity contribution < 1.29 is 30.8 Å². The molecule has 3 rings (SSSR count). The maximum Gasteiger partial charge on any atom is 0.433 e. The quantitative estimate of drug-likeness (QED) is 0.560. The van der Waals surface area contributed by atoms with Gasteiger partial charge in [-0.2, -0.15) is 13.2 Å². The van der Waals surface area contributed by atoms with Crippen LogP contribution in [0, 0.1) is 18.7 Å². The molecule has 1 heterocycles. The fourth-order valence-corrected chi connectivity index (χ4v) is 4.46. The van der Waals surface area contributed by atoms with Crippen molar-refractivity contribution in [3.05, 3.63) is 52.5 Å². The van der Waals surface area contributed by atoms with Gasteiger partial charge in [-0.3, -0.25) is 9.52 Å². The number of pyridine rings is 1. The number of aryl methyl sites for hydroxylation is 1. The summed E-state index contributed by atoms with van der Waals surface area (Å²) in [5.74, 6) is -1.66. The minimum Gasteiger partial charge on any atom is -0.362 e. The molecule has 0 unspecified atom stereocenters. The first kappa shape index (κ1) is 25.7. The molecule has 186 valence electrons. The van der Waals surface area contributed by atoms with Gasteiger partial charge in [0, 0.05) is 25.6 Å². The van der Waals surface area contributed by atoms with E-state index in [1.165, 1.54) is 17.0 Å². The number of hydrogen-bond donors (Lipinski definition) is 2. The van der Waals surface area contributed by atoms with Crippen molar-refractivity contribution in [3.63, 3.8) is 0 Å². The average Bonchev–Trinajstić information content (AvgIpc) is 3.49. The van der Waals surface area contributed by atoms with Gasteiger partial charge in [0.05, 0.1) is 18.0 Å². The van der Waals surface area contributed by atoms with Crippen LogP contribution >= 0.6 is 0 Å². The number of amides is 1. The Bertz CT molecular complexity index is 1220. The van der Waals surface area contributed by atoms with Crippen LogP contribution in [-0.2, 0) is 21.0 Å². The maximum atomic E-state index is 14.6. The van der Waals surface area contributed by atoms with Gasteiger partial charge in [-0.1, -0.05) is 6.07 Å². The summed E-state index contributed by atoms with van der Waals surface area (Å²) < 4.78 is 78.9. The van der Waals surface area contributed by atoms with Gasteiger partial charge in [-0.25, -0.2) is 17.8 Å². The summed E-state index contributed by atoms with van der Waals surface area (Å²) in [6.07, 6.45) is -3.18. The number of benzene rings is 1. The number of anilines is 2. The molecule has 7 nitrogen and oxygen atoms in total. The molecule has 2 aromatic rings. The molecule has 1 fully saturated rings. The minimum absolute atomic E-state index is 0.107. The summed E-state index contributed by atoms with van der Waals surface area (Å²) in [4.78, 5) is 18.0. The number of aromatic nitrogens is 1. The Hall–Kier alpha value is -2.89. The molecule has 0 bridgehead atoms. The third-order valence-electron chi connectivity index (χ3n) is 5.61. The van der Waals surface area contributed by atoms with Gasteiger partial charge in [-0.05, 0) is 55.5 Å². The Morgan fingerprint density at radius 2 is 1.88 bits per heavy atom. The highest BCUT2D eigenvalue weighted by Crippen LogP contribution is 2.50. The first-order valence-corrected chi connectivity index (χ1v) is 12.3. The topological polar surface area (TPSA) is 91.4 Å². The monoisotopic (exact) mass is 502 g/mol. The number of hydrogen-bond acceptors (Lipinski definition) is 5. The lowest BCUT2D eigenvalue weighted by Crippen LogP contribution is -2.29. The Morgan fingerprint density at radius 1 is 1.24 bits per heavy atom. The van der Waals surface area contributed by atoms with E-state index in [9.17, 15) is 30.8 Å². The largest absolute Gasteiger partial charge is 0.433 e. The molecule has 1 amide bonds. The highest BCUT2D eigenvalue weighted by molar-refractivity contribution is 7.92. The molecule has 0 radical (unpaired) electrons. The normalized spacial score (nSPS) is 18.9. The van der Waals surface area contributed by atoms with Gasteiger partial charge in [0.25, 0.3) is 0 Å². The highest BCUT2D eigenvalue weighted by Gasteiger charge is 2.46. The average molecular weight is 503 g/mol. The van der Waals surface area contributed by atoms with Crippen LogP contribution in [0.15, 0.2) is 24.3 Å². The van der Waals surface area contributed by atoms with Gasteiger partial charge in [-0.15, -0.1) is 0 Å². The van der Waals surface area contributed by atoms with Gasteiger partial charge in [0.15, 0.2) is 0 Å². The molecule has 2 N–H and O–H groups in total. The second-order valence-corrected chi connectivity index (χ2v) is 10.5. The Kier molecular flexibility index (Phi) is 6.84. The van der Waals surface area contributed by atoms with E-state index < -0.39 is 39.7 Å². The van der Waals surface area contributed by atoms with Crippen LogP contribution in [0.4, 0.5) is 29.1 Å². The first-order chi connectivity index (χ1) is 15.6. The van der Waals surface area contributed by atoms with Crippen LogP contribution in [0.1, 0.15) is 47.7 Å². The number of rotatable bonds is 7. The van der Waals surface area contributed by atoms with E-state index >= 15 is 0 Å². The van der Waals surface area contributed by atoms with E-state index in [1.807, 2.05) is 0 Å². The molecule has 34 heavy (non-hydrogen) atoms. The fourth-order valence-electron chi connectivity index (χ4n) is 3.84. The second-order valence-electron chi connectivity index (χ2n) is 8.74. The lowest BCUT2D eigenvalue weighted by Gasteiger charge is -2.19. The Morgan fingerprint density at radius 3 is 2.44 bits per heavy atom. The minimum atomic E-state index is -4.58. The van der Waals surface area contributed by atoms with Crippen LogP contribution in [-0.4, -0.2) is 39.7 Å². The summed E-state index contributed by atoms with van der Waals surface area (Å²) in [6, 6.07) is 4.07. The first-order valence-electron chi connectivity index (χ1n) is 10.4. The lowest BCUT2D eigenvalue weighted by molar-refractivity contribution is -0.141. The van der Waals surface area contributed by atoms with Crippen molar-refractivity contribution in [1.82, 2.24) is 10.3 Å². The molecule has 1 aliphatic rings. The molecule has 0 aliphatic heterocycles. The van der Waals surface area contributed by atoms with Gasteiger partial charge in [0.2, 0.25) is 15.9 Å². The van der Waals surface area contributed by atoms with Gasteiger partial charge < -0.3 is 10.2 Å². The molecule has 1 aromatic carbocycles. The van der Waals surface area contributed by atoms with Crippen molar-refractivity contribution in [1.29, 1.82) is 0 Å². The number of carbonyl (C=O) groups is 1. The van der Waals surface area contributed by atoms with E-state index in [4.69, 9.17) is 0 Å². The fraction of sp³-hybridized carbons (Fsp3) is 0.455. The van der Waals surface area contributed by atoms with E-state index in [0.29, 0.717) is 17.5 Å². The zero-order valence-electron chi connectivity index (χ0n) is 19.3. The number of sulfonamides is 1.